The van der Waals surface area contributed by atoms with Crippen LogP contribution in [0.5, 0.6) is 11.5 Å². The second-order valence-electron chi connectivity index (χ2n) is 5.03. The standard InChI is InChI=1S/C16H14N2O3S/c19-16(14-10-20-12-5-1-2-6-13(12)21-14)18-8-9-22-15-11(18)4-3-7-17-15/h1-7,14H,8-10H2/t14-/m0/s1. The van der Waals surface area contributed by atoms with Crippen molar-refractivity contribution in [1.82, 2.24) is 4.98 Å². The van der Waals surface area contributed by atoms with Crippen LogP contribution in [0.4, 0.5) is 5.69 Å². The number of para-hydroxylation sites is 2. The van der Waals surface area contributed by atoms with E-state index in [4.69, 9.17) is 9.47 Å². The summed E-state index contributed by atoms with van der Waals surface area (Å²) in [4.78, 5) is 18.9. The minimum absolute atomic E-state index is 0.0796. The third kappa shape index (κ3) is 2.29. The van der Waals surface area contributed by atoms with Gasteiger partial charge < -0.3 is 14.4 Å². The summed E-state index contributed by atoms with van der Waals surface area (Å²) in [6, 6.07) is 11.2. The van der Waals surface area contributed by atoms with E-state index in [1.165, 1.54) is 0 Å². The zero-order valence-electron chi connectivity index (χ0n) is 11.8. The average Bonchev–Trinajstić information content (AvgIpc) is 2.60. The molecule has 0 radical (unpaired) electrons. The molecule has 0 unspecified atom stereocenters. The quantitative estimate of drug-likeness (QED) is 0.809. The van der Waals surface area contributed by atoms with Gasteiger partial charge >= 0.3 is 0 Å². The van der Waals surface area contributed by atoms with Gasteiger partial charge in [-0.15, -0.1) is 11.8 Å². The highest BCUT2D eigenvalue weighted by Gasteiger charge is 2.34. The second-order valence-corrected chi connectivity index (χ2v) is 6.11. The van der Waals surface area contributed by atoms with Crippen molar-refractivity contribution in [3.8, 4) is 11.5 Å². The van der Waals surface area contributed by atoms with E-state index in [1.807, 2.05) is 36.4 Å². The number of aromatic nitrogens is 1. The molecule has 1 atom stereocenters. The third-order valence-corrected chi connectivity index (χ3v) is 4.62. The van der Waals surface area contributed by atoms with E-state index in [-0.39, 0.29) is 12.5 Å². The topological polar surface area (TPSA) is 51.7 Å². The summed E-state index contributed by atoms with van der Waals surface area (Å²) in [5.74, 6) is 2.05. The van der Waals surface area contributed by atoms with Gasteiger partial charge in [0, 0.05) is 18.5 Å². The average molecular weight is 314 g/mol. The molecule has 3 heterocycles. The number of amides is 1. The maximum absolute atomic E-state index is 12.8. The molecular formula is C16H14N2O3S. The van der Waals surface area contributed by atoms with E-state index in [1.54, 1.807) is 22.9 Å². The van der Waals surface area contributed by atoms with Gasteiger partial charge in [0.1, 0.15) is 11.6 Å². The molecule has 0 N–H and O–H groups in total. The molecule has 0 bridgehead atoms. The van der Waals surface area contributed by atoms with Crippen LogP contribution in [0.25, 0.3) is 0 Å². The summed E-state index contributed by atoms with van der Waals surface area (Å²) >= 11 is 1.67. The minimum Gasteiger partial charge on any atom is -0.485 e. The summed E-state index contributed by atoms with van der Waals surface area (Å²) in [6.45, 7) is 0.888. The number of nitrogens with zero attached hydrogens (tertiary/aromatic N) is 2. The van der Waals surface area contributed by atoms with Crippen molar-refractivity contribution in [3.63, 3.8) is 0 Å². The predicted octanol–water partition coefficient (Wildman–Crippen LogP) is 2.36. The highest BCUT2D eigenvalue weighted by Crippen LogP contribution is 2.35. The fourth-order valence-corrected chi connectivity index (χ4v) is 3.53. The zero-order chi connectivity index (χ0) is 14.9. The Hall–Kier alpha value is -2.21. The van der Waals surface area contributed by atoms with Crippen LogP contribution in [0.1, 0.15) is 0 Å². The Morgan fingerprint density at radius 1 is 1.23 bits per heavy atom. The molecule has 0 aliphatic carbocycles. The maximum atomic E-state index is 12.8. The summed E-state index contributed by atoms with van der Waals surface area (Å²) in [5.41, 5.74) is 0.853. The summed E-state index contributed by atoms with van der Waals surface area (Å²) < 4.78 is 11.5. The van der Waals surface area contributed by atoms with Gasteiger partial charge in [-0.25, -0.2) is 4.98 Å². The van der Waals surface area contributed by atoms with Gasteiger partial charge in [0.15, 0.2) is 11.5 Å². The van der Waals surface area contributed by atoms with Gasteiger partial charge in [0.2, 0.25) is 6.10 Å². The van der Waals surface area contributed by atoms with Gasteiger partial charge in [-0.3, -0.25) is 4.79 Å². The second kappa shape index (κ2) is 5.53. The van der Waals surface area contributed by atoms with E-state index in [0.717, 1.165) is 16.5 Å². The Morgan fingerprint density at radius 2 is 2.09 bits per heavy atom. The van der Waals surface area contributed by atoms with Crippen molar-refractivity contribution < 1.29 is 14.3 Å². The Morgan fingerprint density at radius 3 is 3.00 bits per heavy atom. The molecule has 1 aromatic heterocycles. The van der Waals surface area contributed by atoms with Gasteiger partial charge in [0.25, 0.3) is 5.91 Å². The molecule has 1 amide bonds. The molecule has 0 saturated heterocycles. The number of carbonyl (C=O) groups is 1. The lowest BCUT2D eigenvalue weighted by molar-refractivity contribution is -0.127. The van der Waals surface area contributed by atoms with E-state index in [0.29, 0.717) is 18.0 Å². The van der Waals surface area contributed by atoms with Crippen molar-refractivity contribution in [2.24, 2.45) is 0 Å². The molecule has 6 heteroatoms. The fraction of sp³-hybridized carbons (Fsp3) is 0.250. The number of carbonyl (C=O) groups excluding carboxylic acids is 1. The van der Waals surface area contributed by atoms with Crippen LogP contribution in [-0.2, 0) is 4.79 Å². The van der Waals surface area contributed by atoms with Gasteiger partial charge in [-0.1, -0.05) is 12.1 Å². The summed E-state index contributed by atoms with van der Waals surface area (Å²) in [7, 11) is 0. The number of benzene rings is 1. The van der Waals surface area contributed by atoms with Crippen molar-refractivity contribution in [2.45, 2.75) is 11.1 Å². The Labute approximate surface area is 132 Å². The SMILES string of the molecule is O=C([C@@H]1COc2ccccc2O1)N1CCSc2ncccc21. The number of anilines is 1. The first-order valence-corrected chi connectivity index (χ1v) is 8.09. The van der Waals surface area contributed by atoms with Crippen LogP contribution in [0, 0.1) is 0 Å². The van der Waals surface area contributed by atoms with Crippen molar-refractivity contribution in [3.05, 3.63) is 42.6 Å². The number of hydrogen-bond acceptors (Lipinski definition) is 5. The Bertz CT molecular complexity index is 722. The van der Waals surface area contributed by atoms with E-state index in [9.17, 15) is 4.79 Å². The van der Waals surface area contributed by atoms with E-state index < -0.39 is 6.10 Å². The highest BCUT2D eigenvalue weighted by atomic mass is 32.2. The van der Waals surface area contributed by atoms with Crippen LogP contribution >= 0.6 is 11.8 Å². The highest BCUT2D eigenvalue weighted by molar-refractivity contribution is 7.99. The van der Waals surface area contributed by atoms with Crippen molar-refractivity contribution in [2.75, 3.05) is 23.8 Å². The molecule has 2 aliphatic rings. The number of pyridine rings is 1. The zero-order valence-corrected chi connectivity index (χ0v) is 12.6. The number of fused-ring (bicyclic) bond motifs is 2. The molecule has 2 aliphatic heterocycles. The molecule has 22 heavy (non-hydrogen) atoms. The number of rotatable bonds is 1. The maximum Gasteiger partial charge on any atom is 0.271 e. The number of hydrogen-bond donors (Lipinski definition) is 0. The van der Waals surface area contributed by atoms with Gasteiger partial charge in [0.05, 0.1) is 5.69 Å². The molecule has 1 aromatic carbocycles. The Kier molecular flexibility index (Phi) is 3.38. The van der Waals surface area contributed by atoms with Crippen LogP contribution in [0.2, 0.25) is 0 Å². The monoisotopic (exact) mass is 314 g/mol. The number of thioether (sulfide) groups is 1. The first-order valence-electron chi connectivity index (χ1n) is 7.10. The molecule has 2 aromatic rings. The van der Waals surface area contributed by atoms with Crippen LogP contribution in [0.15, 0.2) is 47.6 Å². The molecule has 112 valence electrons. The largest absolute Gasteiger partial charge is 0.485 e. The smallest absolute Gasteiger partial charge is 0.271 e. The molecule has 0 saturated carbocycles. The van der Waals surface area contributed by atoms with Crippen molar-refractivity contribution in [1.29, 1.82) is 0 Å². The summed E-state index contributed by atoms with van der Waals surface area (Å²) in [5, 5.41) is 0.888. The van der Waals surface area contributed by atoms with Crippen molar-refractivity contribution >= 4 is 23.4 Å². The normalized spacial score (nSPS) is 19.5. The third-order valence-electron chi connectivity index (χ3n) is 3.65. The fourth-order valence-electron chi connectivity index (χ4n) is 2.60. The van der Waals surface area contributed by atoms with E-state index >= 15 is 0 Å². The molecule has 5 nitrogen and oxygen atoms in total. The number of ether oxygens (including phenoxy) is 2. The lowest BCUT2D eigenvalue weighted by Gasteiger charge is -2.33. The lowest BCUT2D eigenvalue weighted by atomic mass is 10.2. The minimum atomic E-state index is -0.619. The first-order chi connectivity index (χ1) is 10.8. The lowest BCUT2D eigenvalue weighted by Crippen LogP contribution is -2.48. The Balaban J connectivity index is 1.59. The molecule has 4 rings (SSSR count). The molecule has 0 spiro atoms. The molecule has 0 fully saturated rings. The summed E-state index contributed by atoms with van der Waals surface area (Å²) in [6.07, 6.45) is 1.13. The van der Waals surface area contributed by atoms with Crippen LogP contribution in [0.3, 0.4) is 0 Å². The molecular weight excluding hydrogens is 300 g/mol. The van der Waals surface area contributed by atoms with Gasteiger partial charge in [-0.05, 0) is 24.3 Å². The van der Waals surface area contributed by atoms with Crippen LogP contribution in [-0.4, -0.2) is 35.9 Å². The predicted molar refractivity (Wildman–Crippen MR) is 83.7 cm³/mol. The van der Waals surface area contributed by atoms with Gasteiger partial charge in [-0.2, -0.15) is 0 Å². The van der Waals surface area contributed by atoms with Crippen LogP contribution < -0.4 is 14.4 Å². The first kappa shape index (κ1) is 13.5. The van der Waals surface area contributed by atoms with E-state index in [2.05, 4.69) is 4.98 Å².